The molecule has 7 nitrogen and oxygen atoms in total. The zero-order valence-electron chi connectivity index (χ0n) is 17.5. The highest BCUT2D eigenvalue weighted by atomic mass is 19.1. The topological polar surface area (TPSA) is 86.5 Å². The van der Waals surface area contributed by atoms with E-state index in [-0.39, 0.29) is 23.4 Å². The van der Waals surface area contributed by atoms with Crippen molar-refractivity contribution in [2.75, 3.05) is 13.7 Å². The number of carbonyl (C=O) groups excluding carboxylic acids is 2. The number of aromatic amines is 1. The predicted octanol–water partition coefficient (Wildman–Crippen LogP) is 2.96. The van der Waals surface area contributed by atoms with Gasteiger partial charge in [0.05, 0.1) is 25.3 Å². The summed E-state index contributed by atoms with van der Waals surface area (Å²) in [6.07, 6.45) is 5.96. The molecular formula is C24H23FN3O4+. The van der Waals surface area contributed by atoms with Gasteiger partial charge in [0.25, 0.3) is 11.7 Å². The first-order valence-electron chi connectivity index (χ1n) is 10.2. The molecular weight excluding hydrogens is 413 g/mol. The van der Waals surface area contributed by atoms with Crippen molar-refractivity contribution in [2.24, 2.45) is 0 Å². The minimum atomic E-state index is -1.02. The van der Waals surface area contributed by atoms with Crippen LogP contribution in [0.15, 0.2) is 72.8 Å². The average Bonchev–Trinajstić information content (AvgIpc) is 3.41. The number of hydrogen-bond acceptors (Lipinski definition) is 4. The molecule has 0 radical (unpaired) electrons. The molecule has 0 saturated carbocycles. The van der Waals surface area contributed by atoms with E-state index in [1.165, 1.54) is 30.2 Å². The van der Waals surface area contributed by atoms with E-state index >= 15 is 0 Å². The number of hydrogen-bond donors (Lipinski definition) is 2. The molecule has 1 saturated heterocycles. The van der Waals surface area contributed by atoms with Crippen LogP contribution in [0.4, 0.5) is 4.39 Å². The number of nitrogens with zero attached hydrogens (tertiary/aromatic N) is 2. The van der Waals surface area contributed by atoms with Gasteiger partial charge in [-0.25, -0.2) is 8.96 Å². The van der Waals surface area contributed by atoms with Crippen molar-refractivity contribution in [1.29, 1.82) is 0 Å². The lowest BCUT2D eigenvalue weighted by Crippen LogP contribution is -2.36. The molecule has 2 N–H and O–H groups in total. The molecule has 0 aliphatic carbocycles. The molecule has 1 aromatic heterocycles. The van der Waals surface area contributed by atoms with E-state index in [9.17, 15) is 19.1 Å². The number of likely N-dealkylation sites (tertiary alicyclic amines) is 1. The molecule has 164 valence electrons. The summed E-state index contributed by atoms with van der Waals surface area (Å²) in [5, 5.41) is 11.0. The van der Waals surface area contributed by atoms with E-state index < -0.39 is 23.5 Å². The van der Waals surface area contributed by atoms with E-state index in [1.54, 1.807) is 42.9 Å². The minimum absolute atomic E-state index is 0.125. The number of benzene rings is 2. The quantitative estimate of drug-likeness (QED) is 0.258. The Hall–Kier alpha value is -3.94. The molecule has 1 aliphatic heterocycles. The van der Waals surface area contributed by atoms with E-state index in [2.05, 4.69) is 4.98 Å². The van der Waals surface area contributed by atoms with Crippen LogP contribution in [0.3, 0.4) is 0 Å². The lowest BCUT2D eigenvalue weighted by molar-refractivity contribution is -0.695. The summed E-state index contributed by atoms with van der Waals surface area (Å²) in [5.74, 6) is -1.91. The summed E-state index contributed by atoms with van der Waals surface area (Å²) in [6, 6.07) is 11.4. The maximum absolute atomic E-state index is 14.8. The highest BCUT2D eigenvalue weighted by Crippen LogP contribution is 2.40. The lowest BCUT2D eigenvalue weighted by Gasteiger charge is -2.25. The zero-order valence-corrected chi connectivity index (χ0v) is 17.5. The first kappa shape index (κ1) is 21.3. The Bertz CT molecular complexity index is 1160. The Morgan fingerprint density at radius 2 is 1.94 bits per heavy atom. The number of halogens is 1. The van der Waals surface area contributed by atoms with Gasteiger partial charge in [-0.15, -0.1) is 0 Å². The van der Waals surface area contributed by atoms with Gasteiger partial charge >= 0.3 is 0 Å². The van der Waals surface area contributed by atoms with Gasteiger partial charge in [0.2, 0.25) is 6.33 Å². The van der Waals surface area contributed by atoms with Crippen LogP contribution in [-0.2, 0) is 16.1 Å². The monoisotopic (exact) mass is 436 g/mol. The SMILES string of the molecule is COc1ccc(C(O)=C2C(=O)C(=O)N(CCC[n+]3cc[nH]c3)C2c2ccccc2F)cc1. The Labute approximate surface area is 184 Å². The van der Waals surface area contributed by atoms with E-state index in [0.717, 1.165) is 0 Å². The number of ether oxygens (including phenoxy) is 1. The number of carbonyl (C=O) groups is 2. The number of amides is 1. The van der Waals surface area contributed by atoms with Crippen LogP contribution in [0, 0.1) is 5.82 Å². The Kier molecular flexibility index (Phi) is 6.02. The fourth-order valence-corrected chi connectivity index (χ4v) is 3.92. The van der Waals surface area contributed by atoms with E-state index in [4.69, 9.17) is 4.74 Å². The van der Waals surface area contributed by atoms with Gasteiger partial charge in [0.15, 0.2) is 0 Å². The van der Waals surface area contributed by atoms with E-state index in [1.807, 2.05) is 10.8 Å². The largest absolute Gasteiger partial charge is 0.507 e. The second-order valence-corrected chi connectivity index (χ2v) is 7.45. The molecule has 32 heavy (non-hydrogen) atoms. The Morgan fingerprint density at radius 1 is 1.19 bits per heavy atom. The molecule has 2 heterocycles. The van der Waals surface area contributed by atoms with Crippen molar-refractivity contribution in [2.45, 2.75) is 19.0 Å². The van der Waals surface area contributed by atoms with Crippen molar-refractivity contribution in [3.8, 4) is 5.75 Å². The van der Waals surface area contributed by atoms with Crippen LogP contribution in [0.1, 0.15) is 23.6 Å². The van der Waals surface area contributed by atoms with Crippen molar-refractivity contribution in [1.82, 2.24) is 9.88 Å². The highest BCUT2D eigenvalue weighted by Gasteiger charge is 2.46. The Morgan fingerprint density at radius 3 is 2.59 bits per heavy atom. The number of rotatable bonds is 7. The molecule has 4 rings (SSSR count). The number of aryl methyl sites for hydroxylation is 1. The maximum Gasteiger partial charge on any atom is 0.295 e. The number of aliphatic hydroxyl groups is 1. The second-order valence-electron chi connectivity index (χ2n) is 7.45. The zero-order chi connectivity index (χ0) is 22.7. The first-order chi connectivity index (χ1) is 15.5. The number of H-pyrrole nitrogens is 1. The molecule has 1 amide bonds. The molecule has 0 spiro atoms. The summed E-state index contributed by atoms with van der Waals surface area (Å²) >= 11 is 0. The third kappa shape index (κ3) is 3.99. The van der Waals surface area contributed by atoms with Crippen LogP contribution >= 0.6 is 0 Å². The highest BCUT2D eigenvalue weighted by molar-refractivity contribution is 6.46. The number of aromatic nitrogens is 2. The fraction of sp³-hybridized carbons (Fsp3) is 0.208. The summed E-state index contributed by atoms with van der Waals surface area (Å²) in [6.45, 7) is 0.829. The predicted molar refractivity (Wildman–Crippen MR) is 114 cm³/mol. The summed E-state index contributed by atoms with van der Waals surface area (Å²) in [4.78, 5) is 30.2. The smallest absolute Gasteiger partial charge is 0.295 e. The molecule has 0 bridgehead atoms. The van der Waals surface area contributed by atoms with Crippen LogP contribution in [0.5, 0.6) is 5.75 Å². The Balaban J connectivity index is 1.74. The van der Waals surface area contributed by atoms with E-state index in [0.29, 0.717) is 24.3 Å². The normalized spacial score (nSPS) is 17.7. The number of nitrogens with one attached hydrogen (secondary N) is 1. The molecule has 3 aromatic rings. The molecule has 1 fully saturated rings. The summed E-state index contributed by atoms with van der Waals surface area (Å²) in [7, 11) is 1.52. The van der Waals surface area contributed by atoms with Gasteiger partial charge in [0, 0.05) is 24.1 Å². The number of aliphatic hydroxyl groups excluding tert-OH is 1. The van der Waals surface area contributed by atoms with Gasteiger partial charge < -0.3 is 14.7 Å². The van der Waals surface area contributed by atoms with Crippen molar-refractivity contribution in [3.63, 3.8) is 0 Å². The number of Topliss-reactive ketones (excluding diaryl/α,β-unsaturated/α-hetero) is 1. The van der Waals surface area contributed by atoms with Crippen molar-refractivity contribution < 1.29 is 28.4 Å². The van der Waals surface area contributed by atoms with Crippen LogP contribution < -0.4 is 9.30 Å². The maximum atomic E-state index is 14.8. The minimum Gasteiger partial charge on any atom is -0.507 e. The van der Waals surface area contributed by atoms with Crippen molar-refractivity contribution in [3.05, 3.63) is 89.8 Å². The molecule has 1 atom stereocenters. The standard InChI is InChI=1S/C24H22FN3O4/c1-32-17-9-7-16(8-10-17)22(29)20-21(18-5-2-3-6-19(18)25)28(24(31)23(20)30)13-4-12-27-14-11-26-15-27/h2-3,5-11,14-15,21H,4,12-13H2,1H3,(H,29,30)/p+1. The van der Waals surface area contributed by atoms with Crippen molar-refractivity contribution >= 4 is 17.4 Å². The number of imidazole rings is 1. The van der Waals surface area contributed by atoms with Crippen LogP contribution in [0.25, 0.3) is 5.76 Å². The van der Waals surface area contributed by atoms with Crippen LogP contribution in [-0.4, -0.2) is 40.3 Å². The lowest BCUT2D eigenvalue weighted by atomic mass is 9.95. The number of ketones is 1. The van der Waals surface area contributed by atoms with Crippen LogP contribution in [0.2, 0.25) is 0 Å². The third-order valence-electron chi connectivity index (χ3n) is 5.52. The molecule has 1 aliphatic rings. The second kappa shape index (κ2) is 9.05. The average molecular weight is 436 g/mol. The van der Waals surface area contributed by atoms with Gasteiger partial charge in [-0.1, -0.05) is 18.2 Å². The fourth-order valence-electron chi connectivity index (χ4n) is 3.92. The molecule has 2 aromatic carbocycles. The van der Waals surface area contributed by atoms with Gasteiger partial charge in [0.1, 0.15) is 29.7 Å². The molecule has 8 heteroatoms. The summed E-state index contributed by atoms with van der Waals surface area (Å²) in [5.41, 5.74) is 0.378. The van der Waals surface area contributed by atoms with Gasteiger partial charge in [-0.3, -0.25) is 14.6 Å². The number of methoxy groups -OCH3 is 1. The molecule has 1 unspecified atom stereocenters. The first-order valence-corrected chi connectivity index (χ1v) is 10.2. The van der Waals surface area contributed by atoms with Gasteiger partial charge in [-0.2, -0.15) is 0 Å². The summed E-state index contributed by atoms with van der Waals surface area (Å²) < 4.78 is 21.8. The third-order valence-corrected chi connectivity index (χ3v) is 5.52. The van der Waals surface area contributed by atoms with Gasteiger partial charge in [-0.05, 0) is 30.3 Å².